The van der Waals surface area contributed by atoms with Crippen LogP contribution in [0.2, 0.25) is 0 Å². The maximum absolute atomic E-state index is 15.8. The molecule has 2 heterocycles. The Kier molecular flexibility index (Phi) is 15.9. The lowest BCUT2D eigenvalue weighted by Gasteiger charge is -2.29. The summed E-state index contributed by atoms with van der Waals surface area (Å²) in [6.45, 7) is 10.7. The van der Waals surface area contributed by atoms with E-state index in [0.717, 1.165) is 0 Å². The van der Waals surface area contributed by atoms with Crippen molar-refractivity contribution in [3.05, 3.63) is 83.2 Å². The summed E-state index contributed by atoms with van der Waals surface area (Å²) in [5, 5.41) is 2.47. The van der Waals surface area contributed by atoms with E-state index in [9.17, 15) is 33.6 Å². The molecule has 0 aliphatic rings. The van der Waals surface area contributed by atoms with Crippen LogP contribution in [0.1, 0.15) is 104 Å². The highest BCUT2D eigenvalue weighted by Crippen LogP contribution is 2.29. The SMILES string of the molecule is CC[C@H](C)[C@H](N)C(=O)c1c(C(=O)C(F)(F)C(=O)C(N)CC(C)C)ccnc1C(=O)N(C(=O)OC(C)(C)C)C(=O)[C@H](Cc1cnc[nH]1)NC(=O)[C@@H](N)Cc1ccccc1. The number of alkyl halides is 2. The van der Waals surface area contributed by atoms with E-state index in [4.69, 9.17) is 21.9 Å². The molecule has 1 aromatic carbocycles. The Bertz CT molecular complexity index is 1970. The van der Waals surface area contributed by atoms with Crippen LogP contribution >= 0.6 is 0 Å². The molecule has 0 aliphatic carbocycles. The average Bonchev–Trinajstić information content (AvgIpc) is 3.68. The third-order valence-corrected chi connectivity index (χ3v) is 9.09. The van der Waals surface area contributed by atoms with Gasteiger partial charge in [0.1, 0.15) is 17.3 Å². The molecule has 0 spiro atoms. The Balaban J connectivity index is 2.25. The average molecular weight is 811 g/mol. The molecule has 0 saturated heterocycles. The minimum absolute atomic E-state index is 0.0362. The second-order valence-electron chi connectivity index (χ2n) is 15.5. The topological polar surface area (TPSA) is 264 Å². The predicted molar refractivity (Wildman–Crippen MR) is 207 cm³/mol. The van der Waals surface area contributed by atoms with Crippen LogP contribution in [0.3, 0.4) is 0 Å². The molecule has 5 atom stereocenters. The molecule has 0 saturated carbocycles. The van der Waals surface area contributed by atoms with Gasteiger partial charge in [-0.25, -0.2) is 9.78 Å². The molecular formula is C40H52F2N8O8. The summed E-state index contributed by atoms with van der Waals surface area (Å²) < 4.78 is 37.0. The van der Waals surface area contributed by atoms with E-state index in [2.05, 4.69) is 20.3 Å². The fourth-order valence-corrected chi connectivity index (χ4v) is 5.77. The van der Waals surface area contributed by atoms with Gasteiger partial charge in [0.05, 0.1) is 30.0 Å². The summed E-state index contributed by atoms with van der Waals surface area (Å²) in [4.78, 5) is 108. The largest absolute Gasteiger partial charge is 0.443 e. The number of halogens is 2. The van der Waals surface area contributed by atoms with Crippen LogP contribution in [0.25, 0.3) is 0 Å². The molecule has 3 rings (SSSR count). The third-order valence-electron chi connectivity index (χ3n) is 9.09. The Morgan fingerprint density at radius 3 is 2.12 bits per heavy atom. The molecule has 0 radical (unpaired) electrons. The molecule has 0 fully saturated rings. The molecule has 16 nitrogen and oxygen atoms in total. The van der Waals surface area contributed by atoms with Gasteiger partial charge in [0.15, 0.2) is 5.78 Å². The lowest BCUT2D eigenvalue weighted by atomic mass is 9.86. The summed E-state index contributed by atoms with van der Waals surface area (Å²) in [7, 11) is 0. The van der Waals surface area contributed by atoms with Crippen molar-refractivity contribution in [2.24, 2.45) is 29.0 Å². The molecule has 2 aromatic heterocycles. The van der Waals surface area contributed by atoms with E-state index >= 15 is 8.78 Å². The van der Waals surface area contributed by atoms with E-state index in [1.807, 2.05) is 0 Å². The van der Waals surface area contributed by atoms with Crippen LogP contribution in [0.5, 0.6) is 0 Å². The molecule has 314 valence electrons. The number of aromatic nitrogens is 3. The van der Waals surface area contributed by atoms with Crippen molar-refractivity contribution in [3.63, 3.8) is 0 Å². The number of carbonyl (C=O) groups is 7. The fourth-order valence-electron chi connectivity index (χ4n) is 5.77. The zero-order chi connectivity index (χ0) is 43.7. The van der Waals surface area contributed by atoms with E-state index in [1.165, 1.54) is 33.3 Å². The Morgan fingerprint density at radius 1 is 0.931 bits per heavy atom. The summed E-state index contributed by atoms with van der Waals surface area (Å²) in [6.07, 6.45) is 1.42. The molecule has 0 aliphatic heterocycles. The van der Waals surface area contributed by atoms with Crippen LogP contribution in [0.15, 0.2) is 55.1 Å². The van der Waals surface area contributed by atoms with Crippen LogP contribution in [0, 0.1) is 11.8 Å². The van der Waals surface area contributed by atoms with Gasteiger partial charge in [-0.3, -0.25) is 33.8 Å². The number of ether oxygens (including phenoxy) is 1. The van der Waals surface area contributed by atoms with Gasteiger partial charge in [-0.2, -0.15) is 13.7 Å². The van der Waals surface area contributed by atoms with Crippen LogP contribution in [-0.4, -0.2) is 96.7 Å². The number of pyridine rings is 1. The number of rotatable bonds is 18. The monoisotopic (exact) mass is 810 g/mol. The molecule has 3 aromatic rings. The number of carbonyl (C=O) groups excluding carboxylic acids is 7. The minimum atomic E-state index is -4.80. The number of amides is 4. The molecule has 8 N–H and O–H groups in total. The Labute approximate surface area is 335 Å². The Morgan fingerprint density at radius 2 is 1.57 bits per heavy atom. The van der Waals surface area contributed by atoms with Crippen LogP contribution in [0.4, 0.5) is 13.6 Å². The number of nitrogens with zero attached hydrogens (tertiary/aromatic N) is 3. The fraction of sp³-hybridized carbons (Fsp3) is 0.475. The normalized spacial score (nSPS) is 14.4. The molecular weight excluding hydrogens is 758 g/mol. The van der Waals surface area contributed by atoms with Gasteiger partial charge >= 0.3 is 12.0 Å². The number of nitrogens with one attached hydrogen (secondary N) is 2. The van der Waals surface area contributed by atoms with E-state index in [-0.39, 0.29) is 35.8 Å². The quantitative estimate of drug-likeness (QED) is 0.0913. The number of nitrogens with two attached hydrogens (primary N) is 3. The maximum atomic E-state index is 15.8. The van der Waals surface area contributed by atoms with Crippen LogP contribution < -0.4 is 22.5 Å². The van der Waals surface area contributed by atoms with Crippen LogP contribution in [-0.2, 0) is 32.0 Å². The standard InChI is InChI=1S/C40H52F2N8O8/c1-8-22(4)30(45)32(51)29-25(33(52)40(41,42)34(53)26(43)16-21(2)3)14-15-47-31(29)37(56)50(38(57)58-39(5,6)7)36(55)28(18-24-19-46-20-48-24)49-35(54)27(44)17-23-12-10-9-11-13-23/h9-15,19-22,26-28,30H,8,16-18,43-45H2,1-7H3,(H,46,48)(H,49,54)/t22-,26?,27-,28-,30-/m0/s1. The highest BCUT2D eigenvalue weighted by Gasteiger charge is 2.51. The number of hydrogen-bond acceptors (Lipinski definition) is 13. The molecule has 0 bridgehead atoms. The van der Waals surface area contributed by atoms with Crippen molar-refractivity contribution in [1.29, 1.82) is 0 Å². The summed E-state index contributed by atoms with van der Waals surface area (Å²) in [5.41, 5.74) is 14.5. The van der Waals surface area contributed by atoms with E-state index in [0.29, 0.717) is 17.8 Å². The number of aromatic amines is 1. The third kappa shape index (κ3) is 11.7. The Hall–Kier alpha value is -5.59. The molecule has 4 amide bonds. The number of imide groups is 3. The van der Waals surface area contributed by atoms with Crippen molar-refractivity contribution in [2.45, 2.75) is 110 Å². The van der Waals surface area contributed by atoms with E-state index in [1.54, 1.807) is 58.0 Å². The van der Waals surface area contributed by atoms with Gasteiger partial charge in [0, 0.05) is 30.1 Å². The first-order chi connectivity index (χ1) is 27.0. The maximum Gasteiger partial charge on any atom is 0.424 e. The first kappa shape index (κ1) is 46.8. The van der Waals surface area contributed by atoms with Gasteiger partial charge in [-0.1, -0.05) is 64.4 Å². The molecule has 1 unspecified atom stereocenters. The van der Waals surface area contributed by atoms with Gasteiger partial charge in [-0.15, -0.1) is 0 Å². The zero-order valence-corrected chi connectivity index (χ0v) is 33.6. The van der Waals surface area contributed by atoms with Gasteiger partial charge in [0.2, 0.25) is 17.5 Å². The predicted octanol–water partition coefficient (Wildman–Crippen LogP) is 3.32. The highest BCUT2D eigenvalue weighted by atomic mass is 19.3. The number of H-pyrrole nitrogens is 1. The summed E-state index contributed by atoms with van der Waals surface area (Å²) in [5.74, 6) is -15.1. The second-order valence-corrected chi connectivity index (χ2v) is 15.5. The zero-order valence-electron chi connectivity index (χ0n) is 33.6. The number of hydrogen-bond donors (Lipinski definition) is 5. The van der Waals surface area contributed by atoms with E-state index < -0.39 is 106 Å². The van der Waals surface area contributed by atoms with Gasteiger partial charge < -0.3 is 32.2 Å². The smallest absolute Gasteiger partial charge is 0.424 e. The number of benzene rings is 1. The molecule has 58 heavy (non-hydrogen) atoms. The van der Waals surface area contributed by atoms with Gasteiger partial charge in [-0.05, 0) is 57.1 Å². The summed E-state index contributed by atoms with van der Waals surface area (Å²) >= 11 is 0. The highest BCUT2D eigenvalue weighted by molar-refractivity contribution is 6.25. The van der Waals surface area contributed by atoms with Crippen molar-refractivity contribution >= 4 is 41.2 Å². The summed E-state index contributed by atoms with van der Waals surface area (Å²) in [6, 6.07) is 3.13. The lowest BCUT2D eigenvalue weighted by Crippen LogP contribution is -2.57. The van der Waals surface area contributed by atoms with Gasteiger partial charge in [0.25, 0.3) is 11.8 Å². The number of imidazole rings is 1. The first-order valence-corrected chi connectivity index (χ1v) is 18.7. The van der Waals surface area contributed by atoms with Crippen molar-refractivity contribution in [1.82, 2.24) is 25.2 Å². The minimum Gasteiger partial charge on any atom is -0.443 e. The number of Topliss-reactive ketones (excluding diaryl/α,β-unsaturated/α-hetero) is 3. The van der Waals surface area contributed by atoms with Crippen molar-refractivity contribution < 1.29 is 47.1 Å². The first-order valence-electron chi connectivity index (χ1n) is 18.7. The second kappa shape index (κ2) is 19.7. The number of ketones is 3. The lowest BCUT2D eigenvalue weighted by molar-refractivity contribution is -0.138. The van der Waals surface area contributed by atoms with Crippen molar-refractivity contribution in [3.8, 4) is 0 Å². The van der Waals surface area contributed by atoms with Crippen molar-refractivity contribution in [2.75, 3.05) is 0 Å². The molecule has 18 heteroatoms.